The van der Waals surface area contributed by atoms with E-state index in [9.17, 15) is 4.79 Å². The minimum atomic E-state index is -1.25. The molecule has 1 aromatic heterocycles. The molecule has 3 aromatic carbocycles. The molecular formula is C26H19NO3. The van der Waals surface area contributed by atoms with Crippen LogP contribution in [0.15, 0.2) is 76.7 Å². The van der Waals surface area contributed by atoms with Gasteiger partial charge in [-0.25, -0.2) is 4.79 Å². The molecule has 4 rings (SSSR count). The minimum Gasteiger partial charge on any atom is -0.477 e. The highest BCUT2D eigenvalue weighted by Gasteiger charge is 2.10. The summed E-state index contributed by atoms with van der Waals surface area (Å²) in [5.41, 5.74) is 6.74. The molecule has 30 heavy (non-hydrogen) atoms. The number of aryl methyl sites for hydroxylation is 2. The Kier molecular flexibility index (Phi) is 4.95. The van der Waals surface area contributed by atoms with Crippen molar-refractivity contribution in [1.82, 2.24) is 0 Å². The topological polar surface area (TPSA) is 74.2 Å². The fourth-order valence-electron chi connectivity index (χ4n) is 3.34. The number of aliphatic carboxylic acids is 1. The van der Waals surface area contributed by atoms with E-state index in [0.29, 0.717) is 11.1 Å². The summed E-state index contributed by atoms with van der Waals surface area (Å²) >= 11 is 0. The van der Waals surface area contributed by atoms with Gasteiger partial charge in [0.15, 0.2) is 0 Å². The van der Waals surface area contributed by atoms with Crippen molar-refractivity contribution in [3.05, 3.63) is 89.0 Å². The van der Waals surface area contributed by atoms with Crippen LogP contribution in [0.2, 0.25) is 0 Å². The van der Waals surface area contributed by atoms with Crippen LogP contribution in [0.3, 0.4) is 0 Å². The summed E-state index contributed by atoms with van der Waals surface area (Å²) in [5, 5.41) is 18.9. The fourth-order valence-corrected chi connectivity index (χ4v) is 3.34. The standard InChI is InChI=1S/C26H19NO3/c1-16-3-5-21(11-17(16)2)19-7-9-20(10-8-19)25-14-22-6-4-18(13-24(22)30-25)12-23(15-27)26(28)29/h3-14H,1-2H3,(H,28,29)/b23-12-. The number of fused-ring (bicyclic) bond motifs is 1. The molecule has 0 atom stereocenters. The van der Waals surface area contributed by atoms with Crippen molar-refractivity contribution >= 4 is 23.0 Å². The molecule has 0 fully saturated rings. The van der Waals surface area contributed by atoms with E-state index in [-0.39, 0.29) is 5.57 Å². The van der Waals surface area contributed by atoms with Gasteiger partial charge in [-0.05, 0) is 59.9 Å². The molecule has 4 heteroatoms. The van der Waals surface area contributed by atoms with Crippen LogP contribution < -0.4 is 0 Å². The van der Waals surface area contributed by atoms with E-state index in [2.05, 4.69) is 44.2 Å². The summed E-state index contributed by atoms with van der Waals surface area (Å²) in [6.45, 7) is 4.22. The SMILES string of the molecule is Cc1ccc(-c2ccc(-c3cc4ccc(/C=C(/C#N)C(=O)O)cc4o3)cc2)cc1C. The van der Waals surface area contributed by atoms with Crippen LogP contribution in [0.1, 0.15) is 16.7 Å². The Morgan fingerprint density at radius 3 is 2.27 bits per heavy atom. The van der Waals surface area contributed by atoms with E-state index in [4.69, 9.17) is 14.8 Å². The quantitative estimate of drug-likeness (QED) is 0.323. The van der Waals surface area contributed by atoms with Crippen molar-refractivity contribution in [3.8, 4) is 28.5 Å². The molecule has 0 spiro atoms. The first kappa shape index (κ1) is 19.2. The van der Waals surface area contributed by atoms with Crippen molar-refractivity contribution < 1.29 is 14.3 Å². The maximum Gasteiger partial charge on any atom is 0.346 e. The van der Waals surface area contributed by atoms with E-state index in [1.807, 2.05) is 24.3 Å². The highest BCUT2D eigenvalue weighted by atomic mass is 16.4. The van der Waals surface area contributed by atoms with Crippen LogP contribution >= 0.6 is 0 Å². The number of nitriles is 1. The van der Waals surface area contributed by atoms with Crippen molar-refractivity contribution in [2.24, 2.45) is 0 Å². The molecule has 146 valence electrons. The third kappa shape index (κ3) is 3.74. The smallest absolute Gasteiger partial charge is 0.346 e. The molecule has 1 N–H and O–H groups in total. The highest BCUT2D eigenvalue weighted by Crippen LogP contribution is 2.31. The van der Waals surface area contributed by atoms with Gasteiger partial charge in [0.05, 0.1) is 0 Å². The Morgan fingerprint density at radius 2 is 1.60 bits per heavy atom. The fraction of sp³-hybridized carbons (Fsp3) is 0.0769. The Balaban J connectivity index is 1.65. The Morgan fingerprint density at radius 1 is 0.900 bits per heavy atom. The first-order valence-electron chi connectivity index (χ1n) is 9.51. The molecule has 0 aliphatic heterocycles. The lowest BCUT2D eigenvalue weighted by atomic mass is 9.99. The Labute approximate surface area is 174 Å². The number of carbonyl (C=O) groups is 1. The van der Waals surface area contributed by atoms with Gasteiger partial charge >= 0.3 is 5.97 Å². The summed E-state index contributed by atoms with van der Waals surface area (Å²) in [4.78, 5) is 11.0. The Hall–Kier alpha value is -4.10. The lowest BCUT2D eigenvalue weighted by Crippen LogP contribution is -1.97. The molecular weight excluding hydrogens is 374 g/mol. The van der Waals surface area contributed by atoms with E-state index in [1.165, 1.54) is 22.8 Å². The predicted octanol–water partition coefficient (Wildman–Crippen LogP) is 6.38. The van der Waals surface area contributed by atoms with Gasteiger partial charge in [0, 0.05) is 10.9 Å². The van der Waals surface area contributed by atoms with Crippen LogP contribution in [0.4, 0.5) is 0 Å². The molecule has 4 aromatic rings. The first-order chi connectivity index (χ1) is 14.4. The summed E-state index contributed by atoms with van der Waals surface area (Å²) in [6.07, 6.45) is 1.34. The Bertz CT molecular complexity index is 1340. The van der Waals surface area contributed by atoms with Gasteiger partial charge in [0.25, 0.3) is 0 Å². The second kappa shape index (κ2) is 7.73. The van der Waals surface area contributed by atoms with Gasteiger partial charge in [0.1, 0.15) is 23.0 Å². The number of hydrogen-bond acceptors (Lipinski definition) is 3. The molecule has 0 radical (unpaired) electrons. The third-order valence-electron chi connectivity index (χ3n) is 5.22. The second-order valence-electron chi connectivity index (χ2n) is 7.26. The van der Waals surface area contributed by atoms with Gasteiger partial charge < -0.3 is 9.52 Å². The van der Waals surface area contributed by atoms with E-state index in [1.54, 1.807) is 18.2 Å². The van der Waals surface area contributed by atoms with Gasteiger partial charge in [-0.15, -0.1) is 0 Å². The van der Waals surface area contributed by atoms with Gasteiger partial charge in [-0.3, -0.25) is 0 Å². The summed E-state index contributed by atoms with van der Waals surface area (Å²) in [6, 6.07) is 23.7. The number of carboxylic acids is 1. The van der Waals surface area contributed by atoms with Gasteiger partial charge in [-0.1, -0.05) is 54.6 Å². The van der Waals surface area contributed by atoms with Crippen molar-refractivity contribution in [2.45, 2.75) is 13.8 Å². The number of carboxylic acid groups (broad SMARTS) is 1. The first-order valence-corrected chi connectivity index (χ1v) is 9.51. The zero-order valence-electron chi connectivity index (χ0n) is 16.6. The molecule has 1 heterocycles. The molecule has 0 bridgehead atoms. The summed E-state index contributed by atoms with van der Waals surface area (Å²) < 4.78 is 5.99. The number of furan rings is 1. The van der Waals surface area contributed by atoms with E-state index >= 15 is 0 Å². The maximum absolute atomic E-state index is 11.0. The molecule has 0 aliphatic rings. The van der Waals surface area contributed by atoms with Crippen molar-refractivity contribution in [2.75, 3.05) is 0 Å². The van der Waals surface area contributed by atoms with Crippen molar-refractivity contribution in [3.63, 3.8) is 0 Å². The predicted molar refractivity (Wildman–Crippen MR) is 118 cm³/mol. The number of hydrogen-bond donors (Lipinski definition) is 1. The van der Waals surface area contributed by atoms with E-state index < -0.39 is 5.97 Å². The lowest BCUT2D eigenvalue weighted by molar-refractivity contribution is -0.132. The second-order valence-corrected chi connectivity index (χ2v) is 7.26. The monoisotopic (exact) mass is 393 g/mol. The highest BCUT2D eigenvalue weighted by molar-refractivity contribution is 5.97. The number of benzene rings is 3. The average Bonchev–Trinajstić information content (AvgIpc) is 3.17. The molecule has 4 nitrogen and oxygen atoms in total. The molecule has 0 aliphatic carbocycles. The zero-order chi connectivity index (χ0) is 21.3. The summed E-state index contributed by atoms with van der Waals surface area (Å²) in [5.74, 6) is -0.516. The number of nitrogens with zero attached hydrogens (tertiary/aromatic N) is 1. The molecule has 0 amide bonds. The van der Waals surface area contributed by atoms with Crippen molar-refractivity contribution in [1.29, 1.82) is 5.26 Å². The zero-order valence-corrected chi connectivity index (χ0v) is 16.6. The van der Waals surface area contributed by atoms with Crippen LogP contribution in [-0.2, 0) is 4.79 Å². The van der Waals surface area contributed by atoms with Crippen LogP contribution in [0.5, 0.6) is 0 Å². The molecule has 0 saturated heterocycles. The normalized spacial score (nSPS) is 11.4. The van der Waals surface area contributed by atoms with Crippen LogP contribution in [0.25, 0.3) is 39.5 Å². The van der Waals surface area contributed by atoms with Gasteiger partial charge in [-0.2, -0.15) is 5.26 Å². The third-order valence-corrected chi connectivity index (χ3v) is 5.22. The molecule has 0 saturated carbocycles. The van der Waals surface area contributed by atoms with Gasteiger partial charge in [0.2, 0.25) is 0 Å². The lowest BCUT2D eigenvalue weighted by Gasteiger charge is -2.06. The van der Waals surface area contributed by atoms with Crippen LogP contribution in [-0.4, -0.2) is 11.1 Å². The van der Waals surface area contributed by atoms with E-state index in [0.717, 1.165) is 22.3 Å². The largest absolute Gasteiger partial charge is 0.477 e. The minimum absolute atomic E-state index is 0.317. The summed E-state index contributed by atoms with van der Waals surface area (Å²) in [7, 11) is 0. The maximum atomic E-state index is 11.0. The molecule has 0 unspecified atom stereocenters. The number of rotatable bonds is 4. The average molecular weight is 393 g/mol. The van der Waals surface area contributed by atoms with Crippen LogP contribution in [0, 0.1) is 25.2 Å².